The normalized spacial score (nSPS) is 33.8. The topological polar surface area (TPSA) is 40.5 Å². The number of hydrogen-bond acceptors (Lipinski definition) is 2. The van der Waals surface area contributed by atoms with Crippen LogP contribution in [0.15, 0.2) is 0 Å². The summed E-state index contributed by atoms with van der Waals surface area (Å²) in [5.74, 6) is 0.517. The zero-order chi connectivity index (χ0) is 11.5. The minimum absolute atomic E-state index is 0.0536. The molecule has 3 heteroatoms. The summed E-state index contributed by atoms with van der Waals surface area (Å²) in [5, 5.41) is 9.28. The fourth-order valence-corrected chi connectivity index (χ4v) is 3.49. The van der Waals surface area contributed by atoms with Crippen LogP contribution in [0, 0.1) is 17.8 Å². The van der Waals surface area contributed by atoms with Crippen LogP contribution in [0.5, 0.6) is 0 Å². The molecule has 1 saturated heterocycles. The van der Waals surface area contributed by atoms with E-state index in [1.165, 1.54) is 19.3 Å². The molecule has 1 aliphatic carbocycles. The highest BCUT2D eigenvalue weighted by atomic mass is 16.4. The van der Waals surface area contributed by atoms with Crippen LogP contribution in [0.2, 0.25) is 0 Å². The number of rotatable bonds is 2. The number of nitrogens with zero attached hydrogens (tertiary/aromatic N) is 1. The van der Waals surface area contributed by atoms with Crippen molar-refractivity contribution in [3.63, 3.8) is 0 Å². The average Bonchev–Trinajstić information content (AvgIpc) is 2.30. The van der Waals surface area contributed by atoms with Crippen molar-refractivity contribution in [2.75, 3.05) is 20.1 Å². The fraction of sp³-hybridized carbons (Fsp3) is 0.923. The van der Waals surface area contributed by atoms with Crippen LogP contribution in [0.1, 0.15) is 38.5 Å². The predicted octanol–water partition coefficient (Wildman–Crippen LogP) is 2.22. The molecule has 2 atom stereocenters. The van der Waals surface area contributed by atoms with Gasteiger partial charge >= 0.3 is 5.97 Å². The molecule has 0 aromatic heterocycles. The Labute approximate surface area is 97.8 Å². The third-order valence-electron chi connectivity index (χ3n) is 4.51. The van der Waals surface area contributed by atoms with Crippen molar-refractivity contribution in [1.82, 2.24) is 4.90 Å². The van der Waals surface area contributed by atoms with Crippen molar-refractivity contribution in [3.05, 3.63) is 0 Å². The van der Waals surface area contributed by atoms with Crippen LogP contribution < -0.4 is 0 Å². The van der Waals surface area contributed by atoms with E-state index in [1.54, 1.807) is 0 Å². The van der Waals surface area contributed by atoms with Gasteiger partial charge in [-0.1, -0.05) is 12.8 Å². The molecule has 2 fully saturated rings. The Balaban J connectivity index is 1.97. The molecule has 1 N–H and O–H groups in total. The zero-order valence-corrected chi connectivity index (χ0v) is 10.2. The smallest absolute Gasteiger partial charge is 0.306 e. The molecule has 0 aromatic rings. The molecule has 1 saturated carbocycles. The maximum atomic E-state index is 11.3. The van der Waals surface area contributed by atoms with Gasteiger partial charge in [-0.3, -0.25) is 4.79 Å². The molecular weight excluding hydrogens is 202 g/mol. The molecule has 1 heterocycles. The fourth-order valence-electron chi connectivity index (χ4n) is 3.49. The van der Waals surface area contributed by atoms with E-state index in [4.69, 9.17) is 0 Å². The van der Waals surface area contributed by atoms with E-state index < -0.39 is 5.97 Å². The van der Waals surface area contributed by atoms with Crippen molar-refractivity contribution in [3.8, 4) is 0 Å². The van der Waals surface area contributed by atoms with Crippen molar-refractivity contribution >= 4 is 5.97 Å². The Morgan fingerprint density at radius 1 is 1.12 bits per heavy atom. The van der Waals surface area contributed by atoms with Gasteiger partial charge in [0.25, 0.3) is 0 Å². The SMILES string of the molecule is CN1CCC(C2CCCCC2C(=O)O)CC1. The van der Waals surface area contributed by atoms with E-state index in [-0.39, 0.29) is 5.92 Å². The van der Waals surface area contributed by atoms with Gasteiger partial charge in [-0.2, -0.15) is 0 Å². The summed E-state index contributed by atoms with van der Waals surface area (Å²) >= 11 is 0. The lowest BCUT2D eigenvalue weighted by Crippen LogP contribution is -2.38. The van der Waals surface area contributed by atoms with Crippen molar-refractivity contribution in [2.45, 2.75) is 38.5 Å². The Bertz CT molecular complexity index is 246. The van der Waals surface area contributed by atoms with Gasteiger partial charge in [-0.15, -0.1) is 0 Å². The van der Waals surface area contributed by atoms with Crippen LogP contribution in [-0.4, -0.2) is 36.1 Å². The van der Waals surface area contributed by atoms with Gasteiger partial charge in [-0.05, 0) is 57.7 Å². The maximum absolute atomic E-state index is 11.3. The van der Waals surface area contributed by atoms with Gasteiger partial charge < -0.3 is 10.0 Å². The number of piperidine rings is 1. The van der Waals surface area contributed by atoms with E-state index in [2.05, 4.69) is 11.9 Å². The molecule has 0 spiro atoms. The minimum atomic E-state index is -0.552. The van der Waals surface area contributed by atoms with Gasteiger partial charge in [-0.25, -0.2) is 0 Å². The van der Waals surface area contributed by atoms with Gasteiger partial charge in [0.15, 0.2) is 0 Å². The molecule has 16 heavy (non-hydrogen) atoms. The molecule has 0 bridgehead atoms. The van der Waals surface area contributed by atoms with E-state index in [0.29, 0.717) is 11.8 Å². The lowest BCUT2D eigenvalue weighted by Gasteiger charge is -2.39. The summed E-state index contributed by atoms with van der Waals surface area (Å²) < 4.78 is 0. The summed E-state index contributed by atoms with van der Waals surface area (Å²) in [5.41, 5.74) is 0. The Morgan fingerprint density at radius 2 is 1.75 bits per heavy atom. The second kappa shape index (κ2) is 5.17. The monoisotopic (exact) mass is 225 g/mol. The first kappa shape index (κ1) is 11.9. The zero-order valence-electron chi connectivity index (χ0n) is 10.2. The molecule has 92 valence electrons. The highest BCUT2D eigenvalue weighted by Gasteiger charge is 2.36. The highest BCUT2D eigenvalue weighted by molar-refractivity contribution is 5.70. The average molecular weight is 225 g/mol. The molecule has 2 aliphatic rings. The van der Waals surface area contributed by atoms with E-state index in [1.807, 2.05) is 0 Å². The standard InChI is InChI=1S/C13H23NO2/c1-14-8-6-10(7-9-14)11-4-2-3-5-12(11)13(15)16/h10-12H,2-9H2,1H3,(H,15,16). The number of aliphatic carboxylic acids is 1. The second-order valence-electron chi connectivity index (χ2n) is 5.53. The van der Waals surface area contributed by atoms with Crippen LogP contribution >= 0.6 is 0 Å². The number of likely N-dealkylation sites (tertiary alicyclic amines) is 1. The van der Waals surface area contributed by atoms with E-state index >= 15 is 0 Å². The van der Waals surface area contributed by atoms with Crippen LogP contribution in [-0.2, 0) is 4.79 Å². The Hall–Kier alpha value is -0.570. The largest absolute Gasteiger partial charge is 0.481 e. The second-order valence-corrected chi connectivity index (χ2v) is 5.53. The van der Waals surface area contributed by atoms with Crippen molar-refractivity contribution in [2.24, 2.45) is 17.8 Å². The van der Waals surface area contributed by atoms with Gasteiger partial charge in [0.1, 0.15) is 0 Å². The first-order chi connectivity index (χ1) is 7.68. The first-order valence-electron chi connectivity index (χ1n) is 6.60. The summed E-state index contributed by atoms with van der Waals surface area (Å²) in [6.07, 6.45) is 6.80. The highest BCUT2D eigenvalue weighted by Crippen LogP contribution is 2.39. The van der Waals surface area contributed by atoms with Crippen LogP contribution in [0.3, 0.4) is 0 Å². The maximum Gasteiger partial charge on any atom is 0.306 e. The summed E-state index contributed by atoms with van der Waals surface area (Å²) in [7, 11) is 2.16. The number of carboxylic acids is 1. The van der Waals surface area contributed by atoms with E-state index in [0.717, 1.165) is 32.4 Å². The molecule has 3 nitrogen and oxygen atoms in total. The lowest BCUT2D eigenvalue weighted by molar-refractivity contribution is -0.146. The number of carbonyl (C=O) groups is 1. The number of carboxylic acid groups (broad SMARTS) is 1. The molecule has 2 unspecified atom stereocenters. The summed E-state index contributed by atoms with van der Waals surface area (Å²) in [6, 6.07) is 0. The molecule has 1 aliphatic heterocycles. The van der Waals surface area contributed by atoms with Gasteiger partial charge in [0, 0.05) is 0 Å². The lowest BCUT2D eigenvalue weighted by atomic mass is 9.69. The number of hydrogen-bond donors (Lipinski definition) is 1. The van der Waals surface area contributed by atoms with E-state index in [9.17, 15) is 9.90 Å². The van der Waals surface area contributed by atoms with Crippen LogP contribution in [0.25, 0.3) is 0 Å². The summed E-state index contributed by atoms with van der Waals surface area (Å²) in [6.45, 7) is 2.29. The first-order valence-corrected chi connectivity index (χ1v) is 6.60. The minimum Gasteiger partial charge on any atom is -0.481 e. The van der Waals surface area contributed by atoms with Crippen LogP contribution in [0.4, 0.5) is 0 Å². The predicted molar refractivity (Wildman–Crippen MR) is 63.3 cm³/mol. The third kappa shape index (κ3) is 2.57. The van der Waals surface area contributed by atoms with Crippen molar-refractivity contribution in [1.29, 1.82) is 0 Å². The Kier molecular flexibility index (Phi) is 3.85. The molecule has 0 amide bonds. The van der Waals surface area contributed by atoms with Gasteiger partial charge in [0.2, 0.25) is 0 Å². The van der Waals surface area contributed by atoms with Crippen molar-refractivity contribution < 1.29 is 9.90 Å². The molecule has 0 radical (unpaired) electrons. The molecular formula is C13H23NO2. The quantitative estimate of drug-likeness (QED) is 0.783. The molecule has 2 rings (SSSR count). The molecule has 0 aromatic carbocycles. The Morgan fingerprint density at radius 3 is 2.38 bits per heavy atom. The third-order valence-corrected chi connectivity index (χ3v) is 4.51. The summed E-state index contributed by atoms with van der Waals surface area (Å²) in [4.78, 5) is 13.6. The van der Waals surface area contributed by atoms with Gasteiger partial charge in [0.05, 0.1) is 5.92 Å².